The number of benzene rings is 1. The molecule has 20 heavy (non-hydrogen) atoms. The van der Waals surface area contributed by atoms with Crippen molar-refractivity contribution in [1.29, 1.82) is 0 Å². The van der Waals surface area contributed by atoms with E-state index in [4.69, 9.17) is 0 Å². The molecule has 1 N–H and O–H groups in total. The Balaban J connectivity index is 1.97. The molecule has 1 nitrogen and oxygen atoms in total. The van der Waals surface area contributed by atoms with Crippen LogP contribution in [0.4, 0.5) is 0 Å². The van der Waals surface area contributed by atoms with Crippen LogP contribution < -0.4 is 5.32 Å². The molecule has 0 bridgehead atoms. The lowest BCUT2D eigenvalue weighted by molar-refractivity contribution is 0.267. The summed E-state index contributed by atoms with van der Waals surface area (Å²) >= 11 is 0. The lowest BCUT2D eigenvalue weighted by Crippen LogP contribution is -2.39. The van der Waals surface area contributed by atoms with Gasteiger partial charge >= 0.3 is 0 Å². The Labute approximate surface area is 125 Å². The van der Waals surface area contributed by atoms with Crippen molar-refractivity contribution < 1.29 is 0 Å². The maximum atomic E-state index is 3.82. The van der Waals surface area contributed by atoms with Crippen LogP contribution in [0.5, 0.6) is 0 Å². The van der Waals surface area contributed by atoms with E-state index >= 15 is 0 Å². The molecule has 2 rings (SSSR count). The Morgan fingerprint density at radius 2 is 1.65 bits per heavy atom. The lowest BCUT2D eigenvalue weighted by Gasteiger charge is -2.31. The zero-order valence-corrected chi connectivity index (χ0v) is 13.3. The van der Waals surface area contributed by atoms with Crippen LogP contribution in [-0.2, 0) is 12.8 Å². The quantitative estimate of drug-likeness (QED) is 0.756. The molecule has 0 radical (unpaired) electrons. The van der Waals surface area contributed by atoms with Gasteiger partial charge in [-0.1, -0.05) is 57.4 Å². The van der Waals surface area contributed by atoms with Crippen molar-refractivity contribution in [2.24, 2.45) is 5.92 Å². The van der Waals surface area contributed by atoms with Crippen molar-refractivity contribution in [2.75, 3.05) is 6.54 Å². The molecule has 1 atom stereocenters. The SMILES string of the molecule is CCCNC(Cc1ccc(CC)cc1)C1CCCCC1. The average molecular weight is 273 g/mol. The van der Waals surface area contributed by atoms with Crippen LogP contribution in [0.15, 0.2) is 24.3 Å². The Kier molecular flexibility index (Phi) is 6.59. The third-order valence-electron chi connectivity index (χ3n) is 4.76. The number of hydrogen-bond acceptors (Lipinski definition) is 1. The highest BCUT2D eigenvalue weighted by Gasteiger charge is 2.23. The standard InChI is InChI=1S/C19H31N/c1-3-14-20-19(18-8-6-5-7-9-18)15-17-12-10-16(4-2)11-13-17/h10-13,18-20H,3-9,14-15H2,1-2H3. The second-order valence-corrected chi connectivity index (χ2v) is 6.33. The summed E-state index contributed by atoms with van der Waals surface area (Å²) in [5.41, 5.74) is 2.95. The zero-order valence-electron chi connectivity index (χ0n) is 13.3. The molecule has 0 aromatic heterocycles. The van der Waals surface area contributed by atoms with Gasteiger partial charge < -0.3 is 5.32 Å². The summed E-state index contributed by atoms with van der Waals surface area (Å²) in [6.45, 7) is 5.65. The van der Waals surface area contributed by atoms with Crippen molar-refractivity contribution in [2.45, 2.75) is 71.3 Å². The van der Waals surface area contributed by atoms with Gasteiger partial charge in [0.15, 0.2) is 0 Å². The second-order valence-electron chi connectivity index (χ2n) is 6.33. The molecule has 1 saturated carbocycles. The fraction of sp³-hybridized carbons (Fsp3) is 0.684. The van der Waals surface area contributed by atoms with Crippen LogP contribution in [0.3, 0.4) is 0 Å². The van der Waals surface area contributed by atoms with Crippen molar-refractivity contribution in [1.82, 2.24) is 5.32 Å². The fourth-order valence-corrected chi connectivity index (χ4v) is 3.44. The van der Waals surface area contributed by atoms with E-state index in [2.05, 4.69) is 43.4 Å². The van der Waals surface area contributed by atoms with E-state index in [1.807, 2.05) is 0 Å². The molecular weight excluding hydrogens is 242 g/mol. The Morgan fingerprint density at radius 1 is 1.00 bits per heavy atom. The lowest BCUT2D eigenvalue weighted by atomic mass is 9.81. The van der Waals surface area contributed by atoms with Crippen LogP contribution in [0.25, 0.3) is 0 Å². The minimum atomic E-state index is 0.683. The molecule has 1 unspecified atom stereocenters. The van der Waals surface area contributed by atoms with E-state index < -0.39 is 0 Å². The van der Waals surface area contributed by atoms with Crippen LogP contribution in [0.2, 0.25) is 0 Å². The Hall–Kier alpha value is -0.820. The number of rotatable bonds is 7. The summed E-state index contributed by atoms with van der Waals surface area (Å²) in [4.78, 5) is 0. The van der Waals surface area contributed by atoms with E-state index in [0.717, 1.165) is 18.9 Å². The average Bonchev–Trinajstić information content (AvgIpc) is 2.53. The summed E-state index contributed by atoms with van der Waals surface area (Å²) < 4.78 is 0. The summed E-state index contributed by atoms with van der Waals surface area (Å²) in [6, 6.07) is 9.95. The second kappa shape index (κ2) is 8.46. The normalized spacial score (nSPS) is 18.1. The van der Waals surface area contributed by atoms with Gasteiger partial charge in [0.1, 0.15) is 0 Å². The highest BCUT2D eigenvalue weighted by molar-refractivity contribution is 5.23. The van der Waals surface area contributed by atoms with E-state index in [9.17, 15) is 0 Å². The molecule has 0 heterocycles. The summed E-state index contributed by atoms with van der Waals surface area (Å²) in [7, 11) is 0. The van der Waals surface area contributed by atoms with Crippen molar-refractivity contribution >= 4 is 0 Å². The Bertz CT molecular complexity index is 362. The van der Waals surface area contributed by atoms with Gasteiger partial charge in [-0.15, -0.1) is 0 Å². The van der Waals surface area contributed by atoms with Crippen molar-refractivity contribution in [3.63, 3.8) is 0 Å². The summed E-state index contributed by atoms with van der Waals surface area (Å²) in [5.74, 6) is 0.890. The smallest absolute Gasteiger partial charge is 0.0136 e. The third kappa shape index (κ3) is 4.63. The zero-order chi connectivity index (χ0) is 14.2. The third-order valence-corrected chi connectivity index (χ3v) is 4.76. The van der Waals surface area contributed by atoms with Gasteiger partial charge in [-0.05, 0) is 55.7 Å². The molecule has 0 spiro atoms. The van der Waals surface area contributed by atoms with Crippen molar-refractivity contribution in [3.05, 3.63) is 35.4 Å². The van der Waals surface area contributed by atoms with Gasteiger partial charge in [0, 0.05) is 6.04 Å². The van der Waals surface area contributed by atoms with Crippen molar-refractivity contribution in [3.8, 4) is 0 Å². The summed E-state index contributed by atoms with van der Waals surface area (Å²) in [6.07, 6.45) is 10.7. The maximum Gasteiger partial charge on any atom is 0.0136 e. The molecule has 112 valence electrons. The topological polar surface area (TPSA) is 12.0 Å². The molecule has 1 aliphatic rings. The molecule has 0 saturated heterocycles. The number of hydrogen-bond donors (Lipinski definition) is 1. The summed E-state index contributed by atoms with van der Waals surface area (Å²) in [5, 5.41) is 3.82. The maximum absolute atomic E-state index is 3.82. The minimum absolute atomic E-state index is 0.683. The molecule has 1 fully saturated rings. The molecule has 1 aromatic rings. The van der Waals surface area contributed by atoms with E-state index in [0.29, 0.717) is 6.04 Å². The minimum Gasteiger partial charge on any atom is -0.313 e. The van der Waals surface area contributed by atoms with Gasteiger partial charge in [-0.3, -0.25) is 0 Å². The predicted molar refractivity (Wildman–Crippen MR) is 88.2 cm³/mol. The first kappa shape index (κ1) is 15.6. The largest absolute Gasteiger partial charge is 0.313 e. The van der Waals surface area contributed by atoms with Gasteiger partial charge in [-0.25, -0.2) is 0 Å². The van der Waals surface area contributed by atoms with E-state index in [1.165, 1.54) is 56.1 Å². The van der Waals surface area contributed by atoms with Gasteiger partial charge in [0.2, 0.25) is 0 Å². The highest BCUT2D eigenvalue weighted by atomic mass is 14.9. The predicted octanol–water partition coefficient (Wildman–Crippen LogP) is 4.74. The number of nitrogens with one attached hydrogen (secondary N) is 1. The van der Waals surface area contributed by atoms with Crippen LogP contribution in [0, 0.1) is 5.92 Å². The van der Waals surface area contributed by atoms with E-state index in [-0.39, 0.29) is 0 Å². The van der Waals surface area contributed by atoms with Gasteiger partial charge in [-0.2, -0.15) is 0 Å². The fourth-order valence-electron chi connectivity index (χ4n) is 3.44. The Morgan fingerprint density at radius 3 is 2.25 bits per heavy atom. The van der Waals surface area contributed by atoms with Crippen LogP contribution in [0.1, 0.15) is 63.5 Å². The van der Waals surface area contributed by atoms with Gasteiger partial charge in [0.25, 0.3) is 0 Å². The monoisotopic (exact) mass is 273 g/mol. The first-order valence-corrected chi connectivity index (χ1v) is 8.64. The van der Waals surface area contributed by atoms with Gasteiger partial charge in [0.05, 0.1) is 0 Å². The molecular formula is C19H31N. The van der Waals surface area contributed by atoms with Crippen LogP contribution >= 0.6 is 0 Å². The molecule has 1 heteroatoms. The number of aryl methyl sites for hydroxylation is 1. The first-order chi connectivity index (χ1) is 9.83. The highest BCUT2D eigenvalue weighted by Crippen LogP contribution is 2.28. The molecule has 1 aromatic carbocycles. The molecule has 0 aliphatic heterocycles. The van der Waals surface area contributed by atoms with Crippen LogP contribution in [-0.4, -0.2) is 12.6 Å². The molecule has 0 amide bonds. The molecule has 1 aliphatic carbocycles. The van der Waals surface area contributed by atoms with E-state index in [1.54, 1.807) is 0 Å². The first-order valence-electron chi connectivity index (χ1n) is 8.64.